The van der Waals surface area contributed by atoms with Gasteiger partial charge in [0.25, 0.3) is 17.7 Å². The smallest absolute Gasteiger partial charge is 0.410 e. The third-order valence-corrected chi connectivity index (χ3v) is 14.6. The number of ether oxygens (including phenoxy) is 6. The molecule has 2 rings (SSSR count). The zero-order chi connectivity index (χ0) is 69.8. The van der Waals surface area contributed by atoms with Crippen molar-refractivity contribution in [1.29, 1.82) is 0 Å². The third-order valence-electron chi connectivity index (χ3n) is 14.6. The van der Waals surface area contributed by atoms with Gasteiger partial charge in [0.05, 0.1) is 0 Å². The van der Waals surface area contributed by atoms with E-state index in [0.29, 0.717) is 16.7 Å². The zero-order valence-corrected chi connectivity index (χ0v) is 58.4. The summed E-state index contributed by atoms with van der Waals surface area (Å²) >= 11 is 0. The first kappa shape index (κ1) is 79.9. The summed E-state index contributed by atoms with van der Waals surface area (Å²) in [4.78, 5) is 133. The Morgan fingerprint density at radius 2 is 0.934 bits per heavy atom. The van der Waals surface area contributed by atoms with Gasteiger partial charge in [-0.25, -0.2) is 37.5 Å². The second-order valence-corrected chi connectivity index (χ2v) is 28.0. The van der Waals surface area contributed by atoms with Crippen LogP contribution in [-0.4, -0.2) is 167 Å². The first-order chi connectivity index (χ1) is 41.8. The lowest BCUT2D eigenvalue weighted by atomic mass is 9.86. The molecule has 91 heavy (non-hydrogen) atoms. The molecule has 0 saturated heterocycles. The highest BCUT2D eigenvalue weighted by Gasteiger charge is 2.44. The molecular formula is C70H106F2N4O15. The van der Waals surface area contributed by atoms with Crippen molar-refractivity contribution >= 4 is 53.7 Å². The number of esters is 5. The molecule has 0 unspecified atom stereocenters. The van der Waals surface area contributed by atoms with E-state index in [1.54, 1.807) is 96.2 Å². The number of allylic oxidation sites excluding steroid dienone is 3. The van der Waals surface area contributed by atoms with E-state index in [9.17, 15) is 43.2 Å². The summed E-state index contributed by atoms with van der Waals surface area (Å²) in [5.74, 6) is -8.58. The number of carbonyl (C=O) groups is 9. The van der Waals surface area contributed by atoms with Crippen molar-refractivity contribution in [1.82, 2.24) is 19.6 Å². The van der Waals surface area contributed by atoms with Gasteiger partial charge in [0, 0.05) is 53.9 Å². The molecule has 0 heterocycles. The van der Waals surface area contributed by atoms with E-state index in [2.05, 4.69) is 0 Å². The first-order valence-corrected chi connectivity index (χ1v) is 31.4. The Morgan fingerprint density at radius 1 is 0.505 bits per heavy atom. The van der Waals surface area contributed by atoms with E-state index in [-0.39, 0.29) is 55.5 Å². The van der Waals surface area contributed by atoms with Gasteiger partial charge in [-0.1, -0.05) is 135 Å². The second-order valence-electron chi connectivity index (χ2n) is 28.0. The topological polar surface area (TPSA) is 222 Å². The van der Waals surface area contributed by atoms with Crippen LogP contribution >= 0.6 is 0 Å². The minimum Gasteiger partial charge on any atom is -0.458 e. The number of benzene rings is 2. The molecule has 2 aromatic rings. The number of hydrogen-bond donors (Lipinski definition) is 0. The Bertz CT molecular complexity index is 2810. The van der Waals surface area contributed by atoms with Crippen molar-refractivity contribution in [3.63, 3.8) is 0 Å². The van der Waals surface area contributed by atoms with Crippen LogP contribution in [0, 0.1) is 17.8 Å². The van der Waals surface area contributed by atoms with Gasteiger partial charge in [-0.3, -0.25) is 19.3 Å². The van der Waals surface area contributed by atoms with Crippen LogP contribution in [0.3, 0.4) is 0 Å². The minimum absolute atomic E-state index is 0.0498. The number of alkyl halides is 2. The number of halogens is 2. The second kappa shape index (κ2) is 35.0. The molecular weight excluding hydrogens is 1170 g/mol. The summed E-state index contributed by atoms with van der Waals surface area (Å²) in [5, 5.41) is 0. The first-order valence-electron chi connectivity index (χ1n) is 31.4. The van der Waals surface area contributed by atoms with E-state index in [4.69, 9.17) is 28.4 Å². The molecule has 0 aliphatic carbocycles. The Morgan fingerprint density at radius 3 is 1.36 bits per heavy atom. The normalized spacial score (nSPS) is 15.1. The predicted molar refractivity (Wildman–Crippen MR) is 344 cm³/mol. The molecule has 0 aromatic heterocycles. The molecule has 19 nitrogen and oxygen atoms in total. The van der Waals surface area contributed by atoms with Gasteiger partial charge < -0.3 is 43.1 Å². The van der Waals surface area contributed by atoms with Crippen LogP contribution in [0.5, 0.6) is 0 Å². The maximum absolute atomic E-state index is 16.0. The molecule has 0 fully saturated rings. The number of likely N-dealkylation sites (N-methyl/N-ethyl adjacent to an activating group) is 4. The van der Waals surface area contributed by atoms with Crippen LogP contribution in [0.15, 0.2) is 78.4 Å². The molecule has 0 saturated carbocycles. The average Bonchev–Trinajstić information content (AvgIpc) is 0.990. The van der Waals surface area contributed by atoms with Gasteiger partial charge in [-0.15, -0.1) is 0 Å². The van der Waals surface area contributed by atoms with E-state index in [1.807, 2.05) is 66.7 Å². The van der Waals surface area contributed by atoms with Crippen LogP contribution < -0.4 is 0 Å². The van der Waals surface area contributed by atoms with Crippen molar-refractivity contribution in [2.75, 3.05) is 28.2 Å². The highest BCUT2D eigenvalue weighted by Crippen LogP contribution is 2.29. The maximum atomic E-state index is 16.0. The summed E-state index contributed by atoms with van der Waals surface area (Å²) < 4.78 is 66.1. The Labute approximate surface area is 540 Å². The van der Waals surface area contributed by atoms with Gasteiger partial charge in [-0.05, 0) is 128 Å². The van der Waals surface area contributed by atoms with Gasteiger partial charge in [-0.2, -0.15) is 0 Å². The van der Waals surface area contributed by atoms with Crippen molar-refractivity contribution in [3.05, 3.63) is 95.1 Å². The van der Waals surface area contributed by atoms with Crippen LogP contribution in [0.4, 0.5) is 13.6 Å². The summed E-state index contributed by atoms with van der Waals surface area (Å²) in [7, 11) is 5.10. The van der Waals surface area contributed by atoms with Crippen molar-refractivity contribution in [2.45, 2.75) is 248 Å². The zero-order valence-electron chi connectivity index (χ0n) is 58.4. The standard InChI is InChI=1S/C70H106F2N4O15/c1-24-28-50(35-43(2)3)39-57(60(79)75(22)55(41-70(18,19)72)65(84)88-47(9)61(80)86-42-49-29-26-25-27-30-49)90-62(81)52(36-44(4)5)73(20)58(77)46(8)87-64(83)54(40-69(16,17)71)74(21)59(78)56(38-48-31-33-51(34-32-48)67(10,11)12)89-63(82)53(37-45(6)7)76(23)66(85)91-68(13,14)15/h24-35,43-47,52-57H,36-42H2,1-23H3/b28-24-,50-35+/t46-,47-,52+,53+,54+,55+,56-,57-/m1/s1. The van der Waals surface area contributed by atoms with E-state index < -0.39 is 132 Å². The lowest BCUT2D eigenvalue weighted by Gasteiger charge is -2.35. The van der Waals surface area contributed by atoms with Crippen molar-refractivity contribution in [3.8, 4) is 0 Å². The van der Waals surface area contributed by atoms with Crippen LogP contribution in [0.25, 0.3) is 0 Å². The highest BCUT2D eigenvalue weighted by molar-refractivity contribution is 5.93. The number of nitrogens with zero attached hydrogens (tertiary/aromatic N) is 4. The molecule has 0 bridgehead atoms. The quantitative estimate of drug-likeness (QED) is 0.0377. The SMILES string of the molecule is C/C=C\C(=C/C(C)C)C[C@@H](OC(=O)[C@H](CC(C)C)N(C)C(=O)[C@@H](C)OC(=O)[C@H](CC(C)(C)F)N(C)C(=O)[C@@H](Cc1ccc(C(C)(C)C)cc1)OC(=O)[C@H](CC(C)C)N(C)C(=O)OC(C)(C)C)C(=O)N(C)[C@@H](CC(C)(C)F)C(=O)O[C@H](C)C(=O)OCc1ccccc1. The monoisotopic (exact) mass is 1280 g/mol. The lowest BCUT2D eigenvalue weighted by Crippen LogP contribution is -2.54. The van der Waals surface area contributed by atoms with E-state index in [1.165, 1.54) is 69.7 Å². The number of amides is 4. The molecule has 21 heteroatoms. The largest absolute Gasteiger partial charge is 0.458 e. The Hall–Kier alpha value is -7.19. The van der Waals surface area contributed by atoms with Gasteiger partial charge in [0.2, 0.25) is 0 Å². The third kappa shape index (κ3) is 27.7. The fraction of sp³-hybridized carbons (Fsp3) is 0.643. The number of hydrogen-bond acceptors (Lipinski definition) is 15. The Kier molecular flexibility index (Phi) is 30.7. The molecule has 0 radical (unpaired) electrons. The van der Waals surface area contributed by atoms with Gasteiger partial charge in [0.1, 0.15) is 47.7 Å². The summed E-state index contributed by atoms with van der Waals surface area (Å²) in [6, 6.07) is 10.0. The lowest BCUT2D eigenvalue weighted by molar-refractivity contribution is -0.176. The fourth-order valence-electron chi connectivity index (χ4n) is 9.71. The van der Waals surface area contributed by atoms with Crippen molar-refractivity contribution < 1.29 is 80.4 Å². The number of rotatable bonds is 32. The van der Waals surface area contributed by atoms with Crippen LogP contribution in [-0.2, 0) is 85.2 Å². The molecule has 8 atom stereocenters. The van der Waals surface area contributed by atoms with Crippen LogP contribution in [0.1, 0.15) is 180 Å². The molecule has 0 spiro atoms. The maximum Gasteiger partial charge on any atom is 0.410 e. The highest BCUT2D eigenvalue weighted by atomic mass is 19.1. The average molecular weight is 1280 g/mol. The summed E-state index contributed by atoms with van der Waals surface area (Å²) in [6.45, 7) is 31.0. The van der Waals surface area contributed by atoms with Gasteiger partial charge >= 0.3 is 35.9 Å². The minimum atomic E-state index is -2.14. The van der Waals surface area contributed by atoms with E-state index >= 15 is 8.78 Å². The molecule has 0 aliphatic heterocycles. The molecule has 0 aliphatic rings. The molecule has 2 aromatic carbocycles. The van der Waals surface area contributed by atoms with Gasteiger partial charge in [0.15, 0.2) is 24.4 Å². The fourth-order valence-corrected chi connectivity index (χ4v) is 9.71. The summed E-state index contributed by atoms with van der Waals surface area (Å²) in [5.41, 5.74) is -2.59. The molecule has 4 amide bonds. The van der Waals surface area contributed by atoms with Crippen LogP contribution in [0.2, 0.25) is 0 Å². The van der Waals surface area contributed by atoms with E-state index in [0.717, 1.165) is 25.2 Å². The molecule has 0 N–H and O–H groups in total. The number of carbonyl (C=O) groups excluding carboxylic acids is 9. The Balaban J connectivity index is 2.65. The summed E-state index contributed by atoms with van der Waals surface area (Å²) in [6.07, 6.45) is -3.70. The molecule has 510 valence electrons. The van der Waals surface area contributed by atoms with Crippen molar-refractivity contribution in [2.24, 2.45) is 17.8 Å². The predicted octanol–water partition coefficient (Wildman–Crippen LogP) is 11.6.